The molecule has 4 amide bonds. The van der Waals surface area contributed by atoms with Gasteiger partial charge >= 0.3 is 6.03 Å². The SMILES string of the molecule is C#CCNC(=O)CN1C(=O)N[C@]2(CCc3ccccc32)C1=O. The van der Waals surface area contributed by atoms with Crippen LogP contribution in [0.15, 0.2) is 24.3 Å². The van der Waals surface area contributed by atoms with Crippen LogP contribution in [0.25, 0.3) is 0 Å². The second-order valence-corrected chi connectivity index (χ2v) is 5.36. The summed E-state index contributed by atoms with van der Waals surface area (Å²) in [4.78, 5) is 37.5. The maximum absolute atomic E-state index is 12.7. The van der Waals surface area contributed by atoms with Gasteiger partial charge in [0, 0.05) is 0 Å². The lowest BCUT2D eigenvalue weighted by Crippen LogP contribution is -2.43. The average molecular weight is 297 g/mol. The van der Waals surface area contributed by atoms with Gasteiger partial charge in [-0.2, -0.15) is 0 Å². The number of carbonyl (C=O) groups is 3. The van der Waals surface area contributed by atoms with Gasteiger partial charge in [0.15, 0.2) is 0 Å². The summed E-state index contributed by atoms with van der Waals surface area (Å²) in [6.07, 6.45) is 6.30. The molecule has 1 aromatic carbocycles. The highest BCUT2D eigenvalue weighted by Gasteiger charge is 2.55. The number of carbonyl (C=O) groups excluding carboxylic acids is 3. The van der Waals surface area contributed by atoms with E-state index in [0.717, 1.165) is 22.4 Å². The highest BCUT2D eigenvalue weighted by Crippen LogP contribution is 2.41. The van der Waals surface area contributed by atoms with Crippen LogP contribution in [0.2, 0.25) is 0 Å². The molecule has 6 heteroatoms. The zero-order chi connectivity index (χ0) is 15.7. The van der Waals surface area contributed by atoms with Crippen molar-refractivity contribution in [2.75, 3.05) is 13.1 Å². The van der Waals surface area contributed by atoms with Crippen LogP contribution in [0.1, 0.15) is 17.5 Å². The van der Waals surface area contributed by atoms with E-state index in [-0.39, 0.29) is 19.0 Å². The fourth-order valence-electron chi connectivity index (χ4n) is 3.08. The highest BCUT2D eigenvalue weighted by atomic mass is 16.2. The molecular formula is C16H15N3O3. The molecule has 0 bridgehead atoms. The van der Waals surface area contributed by atoms with Crippen LogP contribution < -0.4 is 10.6 Å². The third kappa shape index (κ3) is 2.02. The van der Waals surface area contributed by atoms with Gasteiger partial charge in [0.1, 0.15) is 12.1 Å². The van der Waals surface area contributed by atoms with Gasteiger partial charge in [-0.25, -0.2) is 4.79 Å². The number of hydrogen-bond donors (Lipinski definition) is 2. The molecule has 1 heterocycles. The monoisotopic (exact) mass is 297 g/mol. The van der Waals surface area contributed by atoms with Crippen molar-refractivity contribution in [1.29, 1.82) is 0 Å². The number of terminal acetylenes is 1. The second kappa shape index (κ2) is 5.19. The largest absolute Gasteiger partial charge is 0.344 e. The maximum Gasteiger partial charge on any atom is 0.325 e. The quantitative estimate of drug-likeness (QED) is 0.615. The van der Waals surface area contributed by atoms with E-state index in [0.29, 0.717) is 6.42 Å². The van der Waals surface area contributed by atoms with Crippen molar-refractivity contribution in [1.82, 2.24) is 15.5 Å². The molecule has 1 atom stereocenters. The Kier molecular flexibility index (Phi) is 3.33. The Bertz CT molecular complexity index is 707. The van der Waals surface area contributed by atoms with Crippen molar-refractivity contribution in [2.24, 2.45) is 0 Å². The van der Waals surface area contributed by atoms with E-state index in [4.69, 9.17) is 6.42 Å². The minimum absolute atomic E-state index is 0.0659. The van der Waals surface area contributed by atoms with Crippen LogP contribution in [0, 0.1) is 12.3 Å². The molecule has 1 aliphatic carbocycles. The topological polar surface area (TPSA) is 78.5 Å². The number of urea groups is 1. The summed E-state index contributed by atoms with van der Waals surface area (Å²) >= 11 is 0. The summed E-state index contributed by atoms with van der Waals surface area (Å²) in [5.74, 6) is 1.44. The predicted molar refractivity (Wildman–Crippen MR) is 78.5 cm³/mol. The first-order chi connectivity index (χ1) is 10.6. The average Bonchev–Trinajstić information content (AvgIpc) is 3.00. The Hall–Kier alpha value is -2.81. The molecule has 2 aliphatic rings. The Morgan fingerprint density at radius 1 is 1.41 bits per heavy atom. The normalized spacial score (nSPS) is 22.4. The number of imide groups is 1. The summed E-state index contributed by atoms with van der Waals surface area (Å²) < 4.78 is 0. The molecule has 0 saturated carbocycles. The van der Waals surface area contributed by atoms with Crippen LogP contribution in [0.3, 0.4) is 0 Å². The van der Waals surface area contributed by atoms with Gasteiger partial charge in [0.2, 0.25) is 5.91 Å². The summed E-state index contributed by atoms with van der Waals surface area (Å²) in [5, 5.41) is 5.21. The van der Waals surface area contributed by atoms with Crippen LogP contribution in [-0.4, -0.2) is 35.8 Å². The lowest BCUT2D eigenvalue weighted by Gasteiger charge is -2.22. The molecule has 22 heavy (non-hydrogen) atoms. The first kappa shape index (κ1) is 14.1. The van der Waals surface area contributed by atoms with Crippen LogP contribution in [0.5, 0.6) is 0 Å². The molecule has 6 nitrogen and oxygen atoms in total. The Morgan fingerprint density at radius 2 is 2.18 bits per heavy atom. The van der Waals surface area contributed by atoms with Crippen molar-refractivity contribution >= 4 is 17.8 Å². The van der Waals surface area contributed by atoms with Crippen molar-refractivity contribution in [3.63, 3.8) is 0 Å². The van der Waals surface area contributed by atoms with Gasteiger partial charge in [-0.05, 0) is 24.0 Å². The molecule has 1 aromatic rings. The number of fused-ring (bicyclic) bond motifs is 2. The summed E-state index contributed by atoms with van der Waals surface area (Å²) in [6, 6.07) is 7.00. The molecule has 1 aliphatic heterocycles. The summed E-state index contributed by atoms with van der Waals surface area (Å²) in [6.45, 7) is -0.257. The van der Waals surface area contributed by atoms with Crippen LogP contribution in [0.4, 0.5) is 4.79 Å². The Morgan fingerprint density at radius 3 is 2.95 bits per heavy atom. The molecule has 2 N–H and O–H groups in total. The fraction of sp³-hybridized carbons (Fsp3) is 0.312. The first-order valence-corrected chi connectivity index (χ1v) is 7.01. The number of nitrogens with one attached hydrogen (secondary N) is 2. The van der Waals surface area contributed by atoms with Gasteiger partial charge < -0.3 is 10.6 Å². The number of nitrogens with zero attached hydrogens (tertiary/aromatic N) is 1. The Labute approximate surface area is 127 Å². The zero-order valence-corrected chi connectivity index (χ0v) is 11.9. The third-order valence-corrected chi connectivity index (χ3v) is 4.11. The number of amides is 4. The van der Waals surface area contributed by atoms with E-state index < -0.39 is 17.5 Å². The van der Waals surface area contributed by atoms with Gasteiger partial charge in [-0.3, -0.25) is 14.5 Å². The minimum atomic E-state index is -1.03. The van der Waals surface area contributed by atoms with E-state index in [1.165, 1.54) is 0 Å². The van der Waals surface area contributed by atoms with Crippen molar-refractivity contribution in [2.45, 2.75) is 18.4 Å². The number of benzene rings is 1. The van der Waals surface area contributed by atoms with Crippen LogP contribution in [-0.2, 0) is 21.5 Å². The number of hydrogen-bond acceptors (Lipinski definition) is 3. The van der Waals surface area contributed by atoms with Gasteiger partial charge in [0.25, 0.3) is 5.91 Å². The molecule has 1 saturated heterocycles. The molecule has 0 aromatic heterocycles. The van der Waals surface area contributed by atoms with E-state index in [2.05, 4.69) is 16.6 Å². The molecule has 112 valence electrons. The van der Waals surface area contributed by atoms with E-state index in [1.54, 1.807) is 0 Å². The first-order valence-electron chi connectivity index (χ1n) is 7.01. The van der Waals surface area contributed by atoms with Gasteiger partial charge in [-0.1, -0.05) is 30.2 Å². The third-order valence-electron chi connectivity index (χ3n) is 4.11. The molecule has 3 rings (SSSR count). The molecule has 1 fully saturated rings. The number of rotatable bonds is 3. The van der Waals surface area contributed by atoms with E-state index in [1.807, 2.05) is 24.3 Å². The molecule has 1 spiro atoms. The number of aryl methyl sites for hydroxylation is 1. The lowest BCUT2D eigenvalue weighted by atomic mass is 9.92. The minimum Gasteiger partial charge on any atom is -0.344 e. The highest BCUT2D eigenvalue weighted by molar-refractivity contribution is 6.09. The second-order valence-electron chi connectivity index (χ2n) is 5.36. The lowest BCUT2D eigenvalue weighted by molar-refractivity contribution is -0.135. The summed E-state index contributed by atoms with van der Waals surface area (Å²) in [7, 11) is 0. The Balaban J connectivity index is 1.84. The maximum atomic E-state index is 12.7. The van der Waals surface area contributed by atoms with E-state index in [9.17, 15) is 14.4 Å². The van der Waals surface area contributed by atoms with E-state index >= 15 is 0 Å². The smallest absolute Gasteiger partial charge is 0.325 e. The van der Waals surface area contributed by atoms with Gasteiger partial charge in [-0.15, -0.1) is 6.42 Å². The molecule has 0 unspecified atom stereocenters. The standard InChI is InChI=1S/C16H15N3O3/c1-2-9-17-13(20)10-19-14(21)16(18-15(19)22)8-7-11-5-3-4-6-12(11)16/h1,3-6H,7-10H2,(H,17,20)(H,18,22)/t16-/m0/s1. The van der Waals surface area contributed by atoms with Crippen molar-refractivity contribution in [3.05, 3.63) is 35.4 Å². The fourth-order valence-corrected chi connectivity index (χ4v) is 3.08. The van der Waals surface area contributed by atoms with Crippen LogP contribution >= 0.6 is 0 Å². The predicted octanol–water partition coefficient (Wildman–Crippen LogP) is 0.129. The van der Waals surface area contributed by atoms with Crippen molar-refractivity contribution in [3.8, 4) is 12.3 Å². The summed E-state index contributed by atoms with van der Waals surface area (Å²) in [5.41, 5.74) is 0.842. The zero-order valence-electron chi connectivity index (χ0n) is 11.9. The van der Waals surface area contributed by atoms with Gasteiger partial charge in [0.05, 0.1) is 6.54 Å². The molecule has 0 radical (unpaired) electrons. The van der Waals surface area contributed by atoms with Crippen molar-refractivity contribution < 1.29 is 14.4 Å². The molecular weight excluding hydrogens is 282 g/mol.